The van der Waals surface area contributed by atoms with E-state index in [2.05, 4.69) is 4.90 Å². The average molecular weight is 414 g/mol. The van der Waals surface area contributed by atoms with Crippen LogP contribution in [0, 0.1) is 5.92 Å². The number of nitrogens with zero attached hydrogens (tertiary/aromatic N) is 3. The van der Waals surface area contributed by atoms with E-state index < -0.39 is 0 Å². The van der Waals surface area contributed by atoms with E-state index >= 15 is 0 Å². The summed E-state index contributed by atoms with van der Waals surface area (Å²) >= 11 is 0. The lowest BCUT2D eigenvalue weighted by atomic mass is 9.92. The summed E-state index contributed by atoms with van der Waals surface area (Å²) in [6.45, 7) is 5.92. The third kappa shape index (κ3) is 4.36. The molecule has 3 heterocycles. The molecule has 0 aliphatic carbocycles. The number of likely N-dealkylation sites (tertiary alicyclic amines) is 2. The van der Waals surface area contributed by atoms with E-state index in [0.717, 1.165) is 57.6 Å². The molecule has 7 heteroatoms. The summed E-state index contributed by atoms with van der Waals surface area (Å²) in [6.07, 6.45) is 5.00. The van der Waals surface area contributed by atoms with Gasteiger partial charge in [0, 0.05) is 19.5 Å². The molecule has 7 nitrogen and oxygen atoms in total. The number of piperidine rings is 1. The molecule has 0 N–H and O–H groups in total. The van der Waals surface area contributed by atoms with Gasteiger partial charge < -0.3 is 9.64 Å². The summed E-state index contributed by atoms with van der Waals surface area (Å²) in [7, 11) is 0. The molecule has 3 amide bonds. The molecular weight excluding hydrogens is 382 g/mol. The van der Waals surface area contributed by atoms with Crippen molar-refractivity contribution in [3.05, 3.63) is 24.3 Å². The number of rotatable bonds is 7. The van der Waals surface area contributed by atoms with Crippen molar-refractivity contribution in [2.75, 3.05) is 37.7 Å². The molecule has 3 fully saturated rings. The SMILES string of the molecule is CCOc1ccc(N2C(=O)CC(N3CCC(CCN4CCCC4=O)CC3)C2=O)cc1. The highest BCUT2D eigenvalue weighted by Gasteiger charge is 2.43. The summed E-state index contributed by atoms with van der Waals surface area (Å²) in [5, 5.41) is 0. The molecular formula is C23H31N3O4. The van der Waals surface area contributed by atoms with Gasteiger partial charge in [-0.05, 0) is 75.9 Å². The first kappa shape index (κ1) is 20.8. The van der Waals surface area contributed by atoms with Crippen molar-refractivity contribution in [1.82, 2.24) is 9.80 Å². The van der Waals surface area contributed by atoms with Crippen LogP contribution in [0.4, 0.5) is 5.69 Å². The molecule has 1 unspecified atom stereocenters. The van der Waals surface area contributed by atoms with Gasteiger partial charge in [0.05, 0.1) is 24.8 Å². The highest BCUT2D eigenvalue weighted by Crippen LogP contribution is 2.30. The van der Waals surface area contributed by atoms with Crippen molar-refractivity contribution >= 4 is 23.4 Å². The molecule has 30 heavy (non-hydrogen) atoms. The first-order valence-electron chi connectivity index (χ1n) is 11.2. The van der Waals surface area contributed by atoms with Crippen LogP contribution in [-0.2, 0) is 14.4 Å². The van der Waals surface area contributed by atoms with Crippen LogP contribution >= 0.6 is 0 Å². The second-order valence-corrected chi connectivity index (χ2v) is 8.47. The number of ether oxygens (including phenoxy) is 1. The minimum Gasteiger partial charge on any atom is -0.494 e. The molecule has 1 aromatic carbocycles. The van der Waals surface area contributed by atoms with Crippen LogP contribution in [0.5, 0.6) is 5.75 Å². The molecule has 0 saturated carbocycles. The van der Waals surface area contributed by atoms with Crippen LogP contribution in [0.1, 0.15) is 45.4 Å². The Morgan fingerprint density at radius 2 is 1.73 bits per heavy atom. The lowest BCUT2D eigenvalue weighted by Crippen LogP contribution is -2.46. The van der Waals surface area contributed by atoms with Gasteiger partial charge in [0.15, 0.2) is 0 Å². The third-order valence-corrected chi connectivity index (χ3v) is 6.60. The number of benzene rings is 1. The Hall–Kier alpha value is -2.41. The number of carbonyl (C=O) groups excluding carboxylic acids is 3. The highest BCUT2D eigenvalue weighted by atomic mass is 16.5. The molecule has 3 saturated heterocycles. The fourth-order valence-electron chi connectivity index (χ4n) is 4.86. The first-order chi connectivity index (χ1) is 14.6. The first-order valence-corrected chi connectivity index (χ1v) is 11.2. The van der Waals surface area contributed by atoms with Gasteiger partial charge in [-0.2, -0.15) is 0 Å². The molecule has 4 rings (SSSR count). The summed E-state index contributed by atoms with van der Waals surface area (Å²) in [5.74, 6) is 1.35. The number of amides is 3. The van der Waals surface area contributed by atoms with Crippen molar-refractivity contribution in [3.63, 3.8) is 0 Å². The Kier molecular flexibility index (Phi) is 6.37. The van der Waals surface area contributed by atoms with Crippen LogP contribution in [-0.4, -0.2) is 66.3 Å². The fourth-order valence-corrected chi connectivity index (χ4v) is 4.86. The standard InChI is InChI=1S/C23H31N3O4/c1-2-30-19-7-5-18(6-8-19)26-22(28)16-20(23(26)29)24-13-9-17(10-14-24)11-15-25-12-3-4-21(25)27/h5-8,17,20H,2-4,9-16H2,1H3. The minimum absolute atomic E-state index is 0.120. The molecule has 162 valence electrons. The maximum atomic E-state index is 13.0. The normalized spacial score (nSPS) is 23.6. The van der Waals surface area contributed by atoms with Crippen molar-refractivity contribution in [1.29, 1.82) is 0 Å². The van der Waals surface area contributed by atoms with Gasteiger partial charge in [-0.3, -0.25) is 19.3 Å². The van der Waals surface area contributed by atoms with Crippen LogP contribution in [0.25, 0.3) is 0 Å². The average Bonchev–Trinajstić information content (AvgIpc) is 3.30. The molecule has 3 aliphatic rings. The maximum absolute atomic E-state index is 13.0. The van der Waals surface area contributed by atoms with Crippen LogP contribution in [0.15, 0.2) is 24.3 Å². The van der Waals surface area contributed by atoms with E-state index in [9.17, 15) is 14.4 Å². The van der Waals surface area contributed by atoms with Crippen LogP contribution < -0.4 is 9.64 Å². The van der Waals surface area contributed by atoms with Crippen LogP contribution in [0.3, 0.4) is 0 Å². The van der Waals surface area contributed by atoms with Crippen LogP contribution in [0.2, 0.25) is 0 Å². The number of imide groups is 1. The zero-order valence-corrected chi connectivity index (χ0v) is 17.7. The molecule has 0 aromatic heterocycles. The zero-order valence-electron chi connectivity index (χ0n) is 17.7. The summed E-state index contributed by atoms with van der Waals surface area (Å²) < 4.78 is 5.44. The molecule has 1 aromatic rings. The number of carbonyl (C=O) groups is 3. The molecule has 0 spiro atoms. The van der Waals surface area contributed by atoms with Crippen molar-refractivity contribution < 1.29 is 19.1 Å². The summed E-state index contributed by atoms with van der Waals surface area (Å²) in [6, 6.07) is 6.78. The number of hydrogen-bond acceptors (Lipinski definition) is 5. The number of anilines is 1. The van der Waals surface area contributed by atoms with Gasteiger partial charge in [-0.1, -0.05) is 0 Å². The topological polar surface area (TPSA) is 70.2 Å². The third-order valence-electron chi connectivity index (χ3n) is 6.60. The van der Waals surface area contributed by atoms with E-state index in [1.807, 2.05) is 11.8 Å². The van der Waals surface area contributed by atoms with Crippen molar-refractivity contribution in [3.8, 4) is 5.75 Å². The van der Waals surface area contributed by atoms with E-state index in [0.29, 0.717) is 24.6 Å². The molecule has 0 bridgehead atoms. The summed E-state index contributed by atoms with van der Waals surface area (Å²) in [4.78, 5) is 42.9. The lowest BCUT2D eigenvalue weighted by molar-refractivity contribution is -0.128. The smallest absolute Gasteiger partial charge is 0.251 e. The van der Waals surface area contributed by atoms with Gasteiger partial charge in [0.25, 0.3) is 5.91 Å². The van der Waals surface area contributed by atoms with E-state index in [1.165, 1.54) is 4.90 Å². The monoisotopic (exact) mass is 413 g/mol. The predicted octanol–water partition coefficient (Wildman–Crippen LogP) is 2.44. The predicted molar refractivity (Wildman–Crippen MR) is 113 cm³/mol. The van der Waals surface area contributed by atoms with E-state index in [4.69, 9.17) is 4.74 Å². The second-order valence-electron chi connectivity index (χ2n) is 8.47. The maximum Gasteiger partial charge on any atom is 0.251 e. The van der Waals surface area contributed by atoms with Gasteiger partial charge in [-0.15, -0.1) is 0 Å². The molecule has 3 aliphatic heterocycles. The lowest BCUT2D eigenvalue weighted by Gasteiger charge is -2.35. The van der Waals surface area contributed by atoms with Gasteiger partial charge in [0.1, 0.15) is 5.75 Å². The Balaban J connectivity index is 1.30. The Morgan fingerprint density at radius 3 is 2.37 bits per heavy atom. The van der Waals surface area contributed by atoms with E-state index in [1.54, 1.807) is 24.3 Å². The minimum atomic E-state index is -0.356. The van der Waals surface area contributed by atoms with Crippen molar-refractivity contribution in [2.24, 2.45) is 5.92 Å². The summed E-state index contributed by atoms with van der Waals surface area (Å²) in [5.41, 5.74) is 0.612. The fraction of sp³-hybridized carbons (Fsp3) is 0.609. The Morgan fingerprint density at radius 1 is 1.00 bits per heavy atom. The van der Waals surface area contributed by atoms with E-state index in [-0.39, 0.29) is 30.2 Å². The van der Waals surface area contributed by atoms with Gasteiger partial charge in [-0.25, -0.2) is 4.90 Å². The Bertz CT molecular complexity index is 786. The molecule has 0 radical (unpaired) electrons. The van der Waals surface area contributed by atoms with Gasteiger partial charge >= 0.3 is 0 Å². The quantitative estimate of drug-likeness (QED) is 0.642. The molecule has 1 atom stereocenters. The zero-order chi connectivity index (χ0) is 21.1. The Labute approximate surface area is 177 Å². The van der Waals surface area contributed by atoms with Crippen molar-refractivity contribution in [2.45, 2.75) is 51.5 Å². The highest BCUT2D eigenvalue weighted by molar-refractivity contribution is 6.22. The second kappa shape index (κ2) is 9.16. The number of hydrogen-bond donors (Lipinski definition) is 0. The van der Waals surface area contributed by atoms with Gasteiger partial charge in [0.2, 0.25) is 11.8 Å². The largest absolute Gasteiger partial charge is 0.494 e.